The Hall–Kier alpha value is -1.76. The average molecular weight is 353 g/mol. The SMILES string of the molecule is CC1(C)Cc2cccc(OCC(=O)NC[C@@H]3CCS(=O)(=O)C3)c2O1. The number of hydrogen-bond acceptors (Lipinski definition) is 5. The highest BCUT2D eigenvalue weighted by molar-refractivity contribution is 7.91. The highest BCUT2D eigenvalue weighted by Crippen LogP contribution is 2.41. The third-order valence-corrected chi connectivity index (χ3v) is 6.17. The molecule has 132 valence electrons. The van der Waals surface area contributed by atoms with Gasteiger partial charge in [0.2, 0.25) is 0 Å². The Labute approximate surface area is 142 Å². The molecule has 6 nitrogen and oxygen atoms in total. The molecule has 0 aromatic heterocycles. The lowest BCUT2D eigenvalue weighted by Gasteiger charge is -2.18. The van der Waals surface area contributed by atoms with E-state index in [-0.39, 0.29) is 35.5 Å². The van der Waals surface area contributed by atoms with Gasteiger partial charge in [0.25, 0.3) is 5.91 Å². The van der Waals surface area contributed by atoms with Gasteiger partial charge < -0.3 is 14.8 Å². The lowest BCUT2D eigenvalue weighted by Crippen LogP contribution is -2.33. The minimum atomic E-state index is -2.92. The number of carbonyl (C=O) groups is 1. The number of hydrogen-bond donors (Lipinski definition) is 1. The molecule has 0 aliphatic carbocycles. The van der Waals surface area contributed by atoms with E-state index in [2.05, 4.69) is 5.32 Å². The number of para-hydroxylation sites is 1. The van der Waals surface area contributed by atoms with Crippen LogP contribution in [-0.4, -0.2) is 44.6 Å². The molecule has 0 spiro atoms. The normalized spacial score (nSPS) is 23.3. The van der Waals surface area contributed by atoms with Crippen molar-refractivity contribution in [2.75, 3.05) is 24.7 Å². The van der Waals surface area contributed by atoms with Crippen molar-refractivity contribution in [2.24, 2.45) is 5.92 Å². The molecule has 1 atom stereocenters. The quantitative estimate of drug-likeness (QED) is 0.864. The number of nitrogens with one attached hydrogen (secondary N) is 1. The van der Waals surface area contributed by atoms with Crippen LogP contribution in [0.25, 0.3) is 0 Å². The van der Waals surface area contributed by atoms with Crippen molar-refractivity contribution in [3.05, 3.63) is 23.8 Å². The van der Waals surface area contributed by atoms with E-state index in [0.717, 1.165) is 12.0 Å². The van der Waals surface area contributed by atoms with Gasteiger partial charge >= 0.3 is 0 Å². The van der Waals surface area contributed by atoms with Crippen molar-refractivity contribution >= 4 is 15.7 Å². The second-order valence-corrected chi connectivity index (χ2v) is 9.37. The molecule has 24 heavy (non-hydrogen) atoms. The van der Waals surface area contributed by atoms with Gasteiger partial charge in [-0.1, -0.05) is 12.1 Å². The van der Waals surface area contributed by atoms with Crippen LogP contribution in [-0.2, 0) is 21.1 Å². The molecule has 2 aliphatic heterocycles. The van der Waals surface area contributed by atoms with Crippen LogP contribution in [0, 0.1) is 5.92 Å². The van der Waals surface area contributed by atoms with E-state index in [1.807, 2.05) is 26.0 Å². The maximum atomic E-state index is 11.9. The fourth-order valence-corrected chi connectivity index (χ4v) is 5.05. The zero-order chi connectivity index (χ0) is 17.4. The predicted molar refractivity (Wildman–Crippen MR) is 90.1 cm³/mol. The molecule has 1 saturated heterocycles. The molecule has 2 aliphatic rings. The van der Waals surface area contributed by atoms with Crippen LogP contribution in [0.15, 0.2) is 18.2 Å². The summed E-state index contributed by atoms with van der Waals surface area (Å²) in [4.78, 5) is 11.9. The van der Waals surface area contributed by atoms with Gasteiger partial charge in [-0.05, 0) is 32.3 Å². The van der Waals surface area contributed by atoms with E-state index >= 15 is 0 Å². The highest BCUT2D eigenvalue weighted by Gasteiger charge is 2.32. The number of benzene rings is 1. The summed E-state index contributed by atoms with van der Waals surface area (Å²) in [7, 11) is -2.92. The number of sulfone groups is 1. The molecule has 2 heterocycles. The fourth-order valence-electron chi connectivity index (χ4n) is 3.19. The van der Waals surface area contributed by atoms with Crippen molar-refractivity contribution in [3.63, 3.8) is 0 Å². The van der Waals surface area contributed by atoms with Gasteiger partial charge in [-0.3, -0.25) is 4.79 Å². The van der Waals surface area contributed by atoms with Gasteiger partial charge in [0, 0.05) is 18.5 Å². The van der Waals surface area contributed by atoms with Crippen LogP contribution in [0.5, 0.6) is 11.5 Å². The minimum Gasteiger partial charge on any atom is -0.483 e. The molecule has 0 bridgehead atoms. The smallest absolute Gasteiger partial charge is 0.257 e. The first-order chi connectivity index (χ1) is 11.2. The summed E-state index contributed by atoms with van der Waals surface area (Å²) >= 11 is 0. The molecule has 0 unspecified atom stereocenters. The number of fused-ring (bicyclic) bond motifs is 1. The molecule has 1 amide bonds. The molecular formula is C17H23NO5S. The van der Waals surface area contributed by atoms with E-state index in [9.17, 15) is 13.2 Å². The molecule has 3 rings (SSSR count). The Morgan fingerprint density at radius 2 is 2.21 bits per heavy atom. The van der Waals surface area contributed by atoms with Gasteiger partial charge in [0.15, 0.2) is 27.9 Å². The van der Waals surface area contributed by atoms with Crippen molar-refractivity contribution in [1.29, 1.82) is 0 Å². The summed E-state index contributed by atoms with van der Waals surface area (Å²) in [6.07, 6.45) is 1.42. The topological polar surface area (TPSA) is 81.7 Å². The lowest BCUT2D eigenvalue weighted by molar-refractivity contribution is -0.123. The molecule has 1 aromatic carbocycles. The number of rotatable bonds is 5. The first-order valence-electron chi connectivity index (χ1n) is 8.15. The van der Waals surface area contributed by atoms with Gasteiger partial charge in [-0.15, -0.1) is 0 Å². The van der Waals surface area contributed by atoms with Gasteiger partial charge in [0.05, 0.1) is 11.5 Å². The Morgan fingerprint density at radius 3 is 2.92 bits per heavy atom. The Bertz CT molecular complexity index is 741. The summed E-state index contributed by atoms with van der Waals surface area (Å²) in [6, 6.07) is 5.68. The second-order valence-electron chi connectivity index (χ2n) is 7.14. The Balaban J connectivity index is 1.50. The van der Waals surface area contributed by atoms with E-state index < -0.39 is 9.84 Å². The van der Waals surface area contributed by atoms with Gasteiger partial charge in [-0.2, -0.15) is 0 Å². The summed E-state index contributed by atoms with van der Waals surface area (Å²) in [6.45, 7) is 4.29. The molecule has 7 heteroatoms. The highest BCUT2D eigenvalue weighted by atomic mass is 32.2. The van der Waals surface area contributed by atoms with E-state index in [1.165, 1.54) is 0 Å². The number of carbonyl (C=O) groups excluding carboxylic acids is 1. The van der Waals surface area contributed by atoms with Crippen molar-refractivity contribution in [1.82, 2.24) is 5.32 Å². The zero-order valence-corrected chi connectivity index (χ0v) is 14.8. The van der Waals surface area contributed by atoms with Crippen molar-refractivity contribution in [2.45, 2.75) is 32.3 Å². The van der Waals surface area contributed by atoms with Crippen LogP contribution in [0.3, 0.4) is 0 Å². The third-order valence-electron chi connectivity index (χ3n) is 4.33. The van der Waals surface area contributed by atoms with Crippen molar-refractivity contribution < 1.29 is 22.7 Å². The van der Waals surface area contributed by atoms with Crippen LogP contribution >= 0.6 is 0 Å². The summed E-state index contributed by atoms with van der Waals surface area (Å²) in [5.41, 5.74) is 0.812. The number of amides is 1. The first-order valence-corrected chi connectivity index (χ1v) is 9.97. The monoisotopic (exact) mass is 353 g/mol. The lowest BCUT2D eigenvalue weighted by atomic mass is 10.0. The first kappa shape index (κ1) is 17.1. The maximum absolute atomic E-state index is 11.9. The van der Waals surface area contributed by atoms with Crippen LogP contribution in [0.4, 0.5) is 0 Å². The summed E-state index contributed by atoms with van der Waals surface area (Å²) < 4.78 is 34.3. The largest absolute Gasteiger partial charge is 0.483 e. The summed E-state index contributed by atoms with van der Waals surface area (Å²) in [5.74, 6) is 1.39. The molecule has 0 saturated carbocycles. The van der Waals surface area contributed by atoms with Crippen LogP contribution < -0.4 is 14.8 Å². The maximum Gasteiger partial charge on any atom is 0.257 e. The van der Waals surface area contributed by atoms with E-state index in [0.29, 0.717) is 24.5 Å². The fraction of sp³-hybridized carbons (Fsp3) is 0.588. The van der Waals surface area contributed by atoms with E-state index in [4.69, 9.17) is 9.47 Å². The van der Waals surface area contributed by atoms with Crippen LogP contribution in [0.2, 0.25) is 0 Å². The minimum absolute atomic E-state index is 0.00375. The Kier molecular flexibility index (Phi) is 4.46. The second kappa shape index (κ2) is 6.27. The molecule has 1 aromatic rings. The predicted octanol–water partition coefficient (Wildman–Crippen LogP) is 1.33. The van der Waals surface area contributed by atoms with Gasteiger partial charge in [-0.25, -0.2) is 8.42 Å². The molecular weight excluding hydrogens is 330 g/mol. The Morgan fingerprint density at radius 1 is 1.42 bits per heavy atom. The molecule has 1 fully saturated rings. The molecule has 0 radical (unpaired) electrons. The van der Waals surface area contributed by atoms with Gasteiger partial charge in [0.1, 0.15) is 5.60 Å². The number of ether oxygens (including phenoxy) is 2. The van der Waals surface area contributed by atoms with Crippen LogP contribution in [0.1, 0.15) is 25.8 Å². The van der Waals surface area contributed by atoms with Crippen molar-refractivity contribution in [3.8, 4) is 11.5 Å². The third kappa shape index (κ3) is 4.01. The zero-order valence-electron chi connectivity index (χ0n) is 14.0. The van der Waals surface area contributed by atoms with E-state index in [1.54, 1.807) is 6.07 Å². The standard InChI is InChI=1S/C17H23NO5S/c1-17(2)8-13-4-3-5-14(16(13)23-17)22-10-15(19)18-9-12-6-7-24(20,21)11-12/h3-5,12H,6-11H2,1-2H3,(H,18,19)/t12-/m0/s1. The summed E-state index contributed by atoms with van der Waals surface area (Å²) in [5, 5.41) is 2.75. The average Bonchev–Trinajstić information content (AvgIpc) is 3.00. The molecule has 1 N–H and O–H groups in total.